The van der Waals surface area contributed by atoms with Gasteiger partial charge in [-0.15, -0.1) is 0 Å². The van der Waals surface area contributed by atoms with E-state index in [1.807, 2.05) is 6.07 Å². The predicted octanol–water partition coefficient (Wildman–Crippen LogP) is 2.14. The maximum Gasteiger partial charge on any atom is 0.161 e. The van der Waals surface area contributed by atoms with E-state index in [4.69, 9.17) is 14.6 Å². The summed E-state index contributed by atoms with van der Waals surface area (Å²) in [6.07, 6.45) is 5.43. The van der Waals surface area contributed by atoms with Crippen LogP contribution in [0.5, 0.6) is 11.5 Å². The molecule has 0 unspecified atom stereocenters. The fourth-order valence-electron chi connectivity index (χ4n) is 2.32. The minimum Gasteiger partial charge on any atom is -0.486 e. The number of ether oxygens (including phenoxy) is 2. The Kier molecular flexibility index (Phi) is 6.68. The van der Waals surface area contributed by atoms with Crippen LogP contribution in [0.15, 0.2) is 18.2 Å². The molecule has 1 aliphatic heterocycles. The van der Waals surface area contributed by atoms with Gasteiger partial charge in [-0.05, 0) is 50.0 Å². The number of hydrogen-bond donors (Lipinski definition) is 2. The zero-order chi connectivity index (χ0) is 14.0. The third-order valence-electron chi connectivity index (χ3n) is 3.46. The van der Waals surface area contributed by atoms with E-state index in [0.29, 0.717) is 19.8 Å². The van der Waals surface area contributed by atoms with Crippen LogP contribution in [-0.2, 0) is 6.42 Å². The van der Waals surface area contributed by atoms with E-state index in [1.165, 1.54) is 18.4 Å². The number of nitrogens with one attached hydrogen (secondary N) is 1. The second-order valence-corrected chi connectivity index (χ2v) is 5.12. The van der Waals surface area contributed by atoms with Crippen LogP contribution in [-0.4, -0.2) is 38.0 Å². The Bertz CT molecular complexity index is 395. The highest BCUT2D eigenvalue weighted by Crippen LogP contribution is 2.30. The van der Waals surface area contributed by atoms with E-state index in [1.54, 1.807) is 0 Å². The fourth-order valence-corrected chi connectivity index (χ4v) is 2.32. The quantitative estimate of drug-likeness (QED) is 0.680. The van der Waals surface area contributed by atoms with Gasteiger partial charge in [-0.1, -0.05) is 18.9 Å². The molecular formula is C16H25NO3. The summed E-state index contributed by atoms with van der Waals surface area (Å²) in [5.74, 6) is 1.73. The Morgan fingerprint density at radius 1 is 0.950 bits per heavy atom. The van der Waals surface area contributed by atoms with Gasteiger partial charge in [0.15, 0.2) is 11.5 Å². The molecule has 112 valence electrons. The number of benzene rings is 1. The molecule has 4 heteroatoms. The van der Waals surface area contributed by atoms with Crippen molar-refractivity contribution in [3.8, 4) is 11.5 Å². The van der Waals surface area contributed by atoms with Crippen LogP contribution < -0.4 is 14.8 Å². The van der Waals surface area contributed by atoms with Crippen LogP contribution in [0.25, 0.3) is 0 Å². The molecule has 0 spiro atoms. The van der Waals surface area contributed by atoms with Gasteiger partial charge in [0.2, 0.25) is 0 Å². The van der Waals surface area contributed by atoms with Crippen LogP contribution in [0.1, 0.15) is 31.2 Å². The summed E-state index contributed by atoms with van der Waals surface area (Å²) >= 11 is 0. The first kappa shape index (κ1) is 15.1. The van der Waals surface area contributed by atoms with Crippen molar-refractivity contribution in [3.63, 3.8) is 0 Å². The first-order valence-electron chi connectivity index (χ1n) is 7.60. The number of aliphatic hydroxyl groups excluding tert-OH is 1. The van der Waals surface area contributed by atoms with E-state index in [-0.39, 0.29) is 0 Å². The van der Waals surface area contributed by atoms with Crippen molar-refractivity contribution in [1.29, 1.82) is 0 Å². The molecule has 0 aliphatic carbocycles. The van der Waals surface area contributed by atoms with Gasteiger partial charge in [-0.3, -0.25) is 0 Å². The molecule has 1 aromatic rings. The summed E-state index contributed by atoms with van der Waals surface area (Å²) in [6, 6.07) is 6.19. The lowest BCUT2D eigenvalue weighted by Crippen LogP contribution is -2.19. The molecule has 20 heavy (non-hydrogen) atoms. The average Bonchev–Trinajstić information content (AvgIpc) is 2.50. The maximum absolute atomic E-state index is 8.68. The number of hydrogen-bond acceptors (Lipinski definition) is 4. The molecule has 2 N–H and O–H groups in total. The van der Waals surface area contributed by atoms with Gasteiger partial charge < -0.3 is 19.9 Å². The van der Waals surface area contributed by atoms with Crippen LogP contribution in [0.2, 0.25) is 0 Å². The highest BCUT2D eigenvalue weighted by Gasteiger charge is 2.11. The van der Waals surface area contributed by atoms with Crippen LogP contribution in [0, 0.1) is 0 Å². The smallest absolute Gasteiger partial charge is 0.161 e. The van der Waals surface area contributed by atoms with E-state index in [0.717, 1.165) is 43.9 Å². The monoisotopic (exact) mass is 279 g/mol. The number of fused-ring (bicyclic) bond motifs is 1. The zero-order valence-corrected chi connectivity index (χ0v) is 12.1. The molecule has 2 rings (SSSR count). The molecule has 0 saturated heterocycles. The Labute approximate surface area is 121 Å². The standard InChI is InChI=1S/C16H25NO3/c18-10-4-2-1-3-8-17-9-7-14-5-6-15-16(13-14)20-12-11-19-15/h5-6,13,17-18H,1-4,7-12H2. The Balaban J connectivity index is 1.60. The van der Waals surface area contributed by atoms with Crippen molar-refractivity contribution in [2.75, 3.05) is 32.9 Å². The molecule has 1 aromatic carbocycles. The molecule has 0 amide bonds. The van der Waals surface area contributed by atoms with E-state index in [9.17, 15) is 0 Å². The lowest BCUT2D eigenvalue weighted by atomic mass is 10.1. The van der Waals surface area contributed by atoms with Gasteiger partial charge in [0.25, 0.3) is 0 Å². The second kappa shape index (κ2) is 8.82. The van der Waals surface area contributed by atoms with Crippen LogP contribution in [0.4, 0.5) is 0 Å². The van der Waals surface area contributed by atoms with Gasteiger partial charge in [0.1, 0.15) is 13.2 Å². The van der Waals surface area contributed by atoms with Gasteiger partial charge in [0.05, 0.1) is 0 Å². The lowest BCUT2D eigenvalue weighted by molar-refractivity contribution is 0.171. The summed E-state index contributed by atoms with van der Waals surface area (Å²) < 4.78 is 11.1. The topological polar surface area (TPSA) is 50.7 Å². The predicted molar refractivity (Wildman–Crippen MR) is 79.6 cm³/mol. The van der Waals surface area contributed by atoms with Crippen molar-refractivity contribution in [1.82, 2.24) is 5.32 Å². The van der Waals surface area contributed by atoms with Crippen molar-refractivity contribution in [2.45, 2.75) is 32.1 Å². The molecular weight excluding hydrogens is 254 g/mol. The van der Waals surface area contributed by atoms with E-state index in [2.05, 4.69) is 17.4 Å². The molecule has 0 atom stereocenters. The first-order valence-corrected chi connectivity index (χ1v) is 7.60. The van der Waals surface area contributed by atoms with Crippen molar-refractivity contribution >= 4 is 0 Å². The molecule has 1 heterocycles. The van der Waals surface area contributed by atoms with Crippen molar-refractivity contribution in [3.05, 3.63) is 23.8 Å². The summed E-state index contributed by atoms with van der Waals surface area (Å²) in [5, 5.41) is 12.1. The van der Waals surface area contributed by atoms with E-state index < -0.39 is 0 Å². The molecule has 0 fully saturated rings. The number of unbranched alkanes of at least 4 members (excludes halogenated alkanes) is 3. The Morgan fingerprint density at radius 2 is 1.75 bits per heavy atom. The summed E-state index contributed by atoms with van der Waals surface area (Å²) in [7, 11) is 0. The average molecular weight is 279 g/mol. The molecule has 4 nitrogen and oxygen atoms in total. The lowest BCUT2D eigenvalue weighted by Gasteiger charge is -2.18. The maximum atomic E-state index is 8.68. The van der Waals surface area contributed by atoms with Gasteiger partial charge >= 0.3 is 0 Å². The van der Waals surface area contributed by atoms with E-state index >= 15 is 0 Å². The molecule has 0 bridgehead atoms. The Hall–Kier alpha value is -1.26. The molecule has 1 aliphatic rings. The number of aliphatic hydroxyl groups is 1. The first-order chi connectivity index (χ1) is 9.90. The Morgan fingerprint density at radius 3 is 2.60 bits per heavy atom. The highest BCUT2D eigenvalue weighted by atomic mass is 16.6. The largest absolute Gasteiger partial charge is 0.486 e. The molecule has 0 saturated carbocycles. The normalized spacial score (nSPS) is 13.4. The third-order valence-corrected chi connectivity index (χ3v) is 3.46. The van der Waals surface area contributed by atoms with Crippen LogP contribution in [0.3, 0.4) is 0 Å². The third kappa shape index (κ3) is 5.02. The molecule has 0 aromatic heterocycles. The zero-order valence-electron chi connectivity index (χ0n) is 12.1. The molecule has 0 radical (unpaired) electrons. The summed E-state index contributed by atoms with van der Waals surface area (Å²) in [6.45, 7) is 3.64. The fraction of sp³-hybridized carbons (Fsp3) is 0.625. The SMILES string of the molecule is OCCCCCCNCCc1ccc2c(c1)OCCO2. The second-order valence-electron chi connectivity index (χ2n) is 5.12. The van der Waals surface area contributed by atoms with Gasteiger partial charge in [-0.25, -0.2) is 0 Å². The van der Waals surface area contributed by atoms with Crippen molar-refractivity contribution < 1.29 is 14.6 Å². The summed E-state index contributed by atoms with van der Waals surface area (Å²) in [4.78, 5) is 0. The van der Waals surface area contributed by atoms with Gasteiger partial charge in [0, 0.05) is 6.61 Å². The minimum atomic E-state index is 0.317. The van der Waals surface area contributed by atoms with Gasteiger partial charge in [-0.2, -0.15) is 0 Å². The highest BCUT2D eigenvalue weighted by molar-refractivity contribution is 5.43. The van der Waals surface area contributed by atoms with Crippen molar-refractivity contribution in [2.24, 2.45) is 0 Å². The summed E-state index contributed by atoms with van der Waals surface area (Å²) in [5.41, 5.74) is 1.28. The minimum absolute atomic E-state index is 0.317. The number of rotatable bonds is 9. The van der Waals surface area contributed by atoms with Crippen LogP contribution >= 0.6 is 0 Å².